The summed E-state index contributed by atoms with van der Waals surface area (Å²) in [6, 6.07) is 8.71. The molecule has 2 aromatic carbocycles. The summed E-state index contributed by atoms with van der Waals surface area (Å²) in [5, 5.41) is 2.39. The number of esters is 1. The first-order valence-electron chi connectivity index (χ1n) is 8.29. The molecule has 1 fully saturated rings. The molecule has 0 unspecified atom stereocenters. The molecule has 3 rings (SSSR count). The first-order valence-corrected chi connectivity index (χ1v) is 10.1. The molecule has 2 N–H and O–H groups in total. The maximum atomic E-state index is 13.0. The third-order valence-electron chi connectivity index (χ3n) is 3.82. The molecule has 0 bridgehead atoms. The number of hydrogen-bond acceptors (Lipinski definition) is 5. The maximum absolute atomic E-state index is 13.0. The van der Waals surface area contributed by atoms with Crippen LogP contribution in [0.15, 0.2) is 47.4 Å². The van der Waals surface area contributed by atoms with Gasteiger partial charge >= 0.3 is 5.97 Å². The predicted octanol–water partition coefficient (Wildman–Crippen LogP) is 2.72. The highest BCUT2D eigenvalue weighted by molar-refractivity contribution is 7.89. The number of rotatable bonds is 7. The monoisotopic (exact) mass is 426 g/mol. The molecule has 1 amide bonds. The number of anilines is 1. The van der Waals surface area contributed by atoms with E-state index in [1.165, 1.54) is 30.3 Å². The minimum Gasteiger partial charge on any atom is -0.452 e. The van der Waals surface area contributed by atoms with Gasteiger partial charge in [0.2, 0.25) is 10.0 Å². The van der Waals surface area contributed by atoms with E-state index in [2.05, 4.69) is 10.0 Å². The van der Waals surface area contributed by atoms with Crippen LogP contribution in [0, 0.1) is 5.82 Å². The zero-order valence-electron chi connectivity index (χ0n) is 14.4. The summed E-state index contributed by atoms with van der Waals surface area (Å²) >= 11 is 5.81. The molecule has 0 spiro atoms. The molecular formula is C18H16ClFN2O5S. The van der Waals surface area contributed by atoms with Gasteiger partial charge in [-0.3, -0.25) is 4.79 Å². The Hall–Kier alpha value is -2.49. The number of hydrogen-bond donors (Lipinski definition) is 2. The van der Waals surface area contributed by atoms with Crippen molar-refractivity contribution in [1.82, 2.24) is 4.72 Å². The highest BCUT2D eigenvalue weighted by Gasteiger charge is 2.28. The van der Waals surface area contributed by atoms with Crippen LogP contribution < -0.4 is 10.0 Å². The van der Waals surface area contributed by atoms with E-state index < -0.39 is 34.3 Å². The van der Waals surface area contributed by atoms with Crippen LogP contribution in [-0.2, 0) is 19.6 Å². The summed E-state index contributed by atoms with van der Waals surface area (Å²) in [6.45, 7) is -0.621. The van der Waals surface area contributed by atoms with Crippen LogP contribution >= 0.6 is 11.6 Å². The molecule has 0 aliphatic heterocycles. The Morgan fingerprint density at radius 3 is 2.61 bits per heavy atom. The van der Waals surface area contributed by atoms with E-state index in [0.717, 1.165) is 25.0 Å². The van der Waals surface area contributed by atoms with Crippen molar-refractivity contribution in [3.8, 4) is 0 Å². The second-order valence-electron chi connectivity index (χ2n) is 6.17. The largest absolute Gasteiger partial charge is 0.452 e. The van der Waals surface area contributed by atoms with E-state index in [9.17, 15) is 22.4 Å². The molecule has 148 valence electrons. The van der Waals surface area contributed by atoms with Crippen molar-refractivity contribution in [2.45, 2.75) is 23.8 Å². The number of ether oxygens (including phenoxy) is 1. The predicted molar refractivity (Wildman–Crippen MR) is 100 cm³/mol. The van der Waals surface area contributed by atoms with Crippen LogP contribution in [-0.4, -0.2) is 32.9 Å². The first kappa shape index (κ1) is 20.2. The molecule has 0 aromatic heterocycles. The van der Waals surface area contributed by atoms with Crippen LogP contribution in [0.1, 0.15) is 23.2 Å². The van der Waals surface area contributed by atoms with Crippen LogP contribution in [0.5, 0.6) is 0 Å². The van der Waals surface area contributed by atoms with Crippen molar-refractivity contribution in [3.63, 3.8) is 0 Å². The van der Waals surface area contributed by atoms with Crippen LogP contribution in [0.3, 0.4) is 0 Å². The van der Waals surface area contributed by atoms with Crippen LogP contribution in [0.4, 0.5) is 10.1 Å². The molecule has 1 aliphatic carbocycles. The maximum Gasteiger partial charge on any atom is 0.338 e. The summed E-state index contributed by atoms with van der Waals surface area (Å²) in [7, 11) is -3.72. The van der Waals surface area contributed by atoms with Gasteiger partial charge in [-0.05, 0) is 49.2 Å². The molecule has 0 heterocycles. The highest BCUT2D eigenvalue weighted by atomic mass is 35.5. The van der Waals surface area contributed by atoms with Crippen molar-refractivity contribution in [3.05, 3.63) is 58.9 Å². The van der Waals surface area contributed by atoms with Gasteiger partial charge < -0.3 is 10.1 Å². The topological polar surface area (TPSA) is 102 Å². The summed E-state index contributed by atoms with van der Waals surface area (Å²) in [4.78, 5) is 24.0. The van der Waals surface area contributed by atoms with Crippen molar-refractivity contribution < 1.29 is 27.1 Å². The van der Waals surface area contributed by atoms with Crippen molar-refractivity contribution in [2.24, 2.45) is 0 Å². The lowest BCUT2D eigenvalue weighted by Crippen LogP contribution is -2.26. The minimum absolute atomic E-state index is 0.000692. The highest BCUT2D eigenvalue weighted by Crippen LogP contribution is 2.23. The molecule has 7 nitrogen and oxygen atoms in total. The van der Waals surface area contributed by atoms with E-state index in [0.29, 0.717) is 0 Å². The third-order valence-corrected chi connectivity index (χ3v) is 5.65. The number of carbonyl (C=O) groups excluding carboxylic acids is 2. The normalized spacial score (nSPS) is 13.8. The van der Waals surface area contributed by atoms with Gasteiger partial charge in [-0.25, -0.2) is 22.3 Å². The Morgan fingerprint density at radius 2 is 1.93 bits per heavy atom. The second kappa shape index (κ2) is 8.26. The quantitative estimate of drug-likeness (QED) is 0.663. The van der Waals surface area contributed by atoms with Gasteiger partial charge in [-0.1, -0.05) is 17.7 Å². The van der Waals surface area contributed by atoms with E-state index in [1.54, 1.807) is 0 Å². The Bertz CT molecular complexity index is 1020. The van der Waals surface area contributed by atoms with E-state index in [-0.39, 0.29) is 27.2 Å². The molecule has 1 aliphatic rings. The van der Waals surface area contributed by atoms with Gasteiger partial charge in [-0.15, -0.1) is 0 Å². The lowest BCUT2D eigenvalue weighted by atomic mass is 10.2. The molecule has 0 saturated heterocycles. The summed E-state index contributed by atoms with van der Waals surface area (Å²) < 4.78 is 44.9. The lowest BCUT2D eigenvalue weighted by molar-refractivity contribution is -0.119. The van der Waals surface area contributed by atoms with Crippen LogP contribution in [0.25, 0.3) is 0 Å². The summed E-state index contributed by atoms with van der Waals surface area (Å²) in [5.41, 5.74) is 0.162. The van der Waals surface area contributed by atoms with Gasteiger partial charge in [0.25, 0.3) is 5.91 Å². The average molecular weight is 427 g/mol. The Morgan fingerprint density at radius 1 is 1.18 bits per heavy atom. The van der Waals surface area contributed by atoms with E-state index in [4.69, 9.17) is 16.3 Å². The zero-order valence-corrected chi connectivity index (χ0v) is 16.0. The number of nitrogens with one attached hydrogen (secondary N) is 2. The molecule has 0 radical (unpaired) electrons. The third kappa shape index (κ3) is 5.28. The summed E-state index contributed by atoms with van der Waals surface area (Å²) in [5.74, 6) is -2.09. The minimum atomic E-state index is -3.72. The van der Waals surface area contributed by atoms with Crippen molar-refractivity contribution in [1.29, 1.82) is 0 Å². The number of amides is 1. The Kier molecular flexibility index (Phi) is 5.97. The smallest absolute Gasteiger partial charge is 0.338 e. The van der Waals surface area contributed by atoms with Crippen molar-refractivity contribution >= 4 is 39.2 Å². The SMILES string of the molecule is O=C(COC(=O)c1cccc(S(=O)(=O)NC2CC2)c1)Nc1ccc(F)cc1Cl. The summed E-state index contributed by atoms with van der Waals surface area (Å²) in [6.07, 6.45) is 1.57. The van der Waals surface area contributed by atoms with Gasteiger partial charge in [-0.2, -0.15) is 0 Å². The fraction of sp³-hybridized carbons (Fsp3) is 0.222. The molecule has 2 aromatic rings. The Balaban J connectivity index is 1.60. The van der Waals surface area contributed by atoms with Crippen molar-refractivity contribution in [2.75, 3.05) is 11.9 Å². The number of sulfonamides is 1. The fourth-order valence-electron chi connectivity index (χ4n) is 2.27. The van der Waals surface area contributed by atoms with Crippen LogP contribution in [0.2, 0.25) is 5.02 Å². The fourth-order valence-corrected chi connectivity index (χ4v) is 3.84. The number of carbonyl (C=O) groups is 2. The van der Waals surface area contributed by atoms with Gasteiger partial charge in [0, 0.05) is 6.04 Å². The standard InChI is InChI=1S/C18H16ClFN2O5S/c19-15-9-12(20)4-7-16(15)21-17(23)10-27-18(24)11-2-1-3-14(8-11)28(25,26)22-13-5-6-13/h1-4,7-9,13,22H,5-6,10H2,(H,21,23). The first-order chi connectivity index (χ1) is 13.2. The lowest BCUT2D eigenvalue weighted by Gasteiger charge is -2.09. The average Bonchev–Trinajstić information content (AvgIpc) is 3.45. The zero-order chi connectivity index (χ0) is 20.3. The van der Waals surface area contributed by atoms with Gasteiger partial charge in [0.1, 0.15) is 5.82 Å². The molecular weight excluding hydrogens is 411 g/mol. The number of halogens is 2. The van der Waals surface area contributed by atoms with Gasteiger partial charge in [0.15, 0.2) is 6.61 Å². The molecule has 10 heteroatoms. The number of benzene rings is 2. The van der Waals surface area contributed by atoms with E-state index in [1.807, 2.05) is 0 Å². The molecule has 0 atom stereocenters. The van der Waals surface area contributed by atoms with E-state index >= 15 is 0 Å². The Labute approximate surface area is 165 Å². The molecule has 1 saturated carbocycles. The van der Waals surface area contributed by atoms with Gasteiger partial charge in [0.05, 0.1) is 21.2 Å². The second-order valence-corrected chi connectivity index (χ2v) is 8.29. The molecule has 28 heavy (non-hydrogen) atoms.